The molecule has 1 aliphatic heterocycles. The number of nitrogens with zero attached hydrogens (tertiary/aromatic N) is 5. The van der Waals surface area contributed by atoms with Crippen LogP contribution in [0, 0.1) is 0 Å². The molecule has 1 aliphatic rings. The normalized spacial score (nSPS) is 16.8. The highest BCUT2D eigenvalue weighted by molar-refractivity contribution is 6.74. The van der Waals surface area contributed by atoms with Gasteiger partial charge in [0.2, 0.25) is 8.32 Å². The minimum absolute atomic E-state index is 0.0845. The third kappa shape index (κ3) is 8.15. The second-order valence-electron chi connectivity index (χ2n) is 13.3. The van der Waals surface area contributed by atoms with Crippen LogP contribution in [0.15, 0.2) is 54.9 Å². The highest BCUT2D eigenvalue weighted by Gasteiger charge is 2.39. The van der Waals surface area contributed by atoms with Crippen LogP contribution < -0.4 is 4.43 Å². The Kier molecular flexibility index (Phi) is 10.6. The molecule has 0 aliphatic carbocycles. The molecule has 1 saturated heterocycles. The van der Waals surface area contributed by atoms with Crippen LogP contribution in [-0.2, 0) is 27.2 Å². The van der Waals surface area contributed by atoms with Crippen molar-refractivity contribution in [3.8, 4) is 11.6 Å². The minimum atomic E-state index is -2.01. The van der Waals surface area contributed by atoms with Crippen molar-refractivity contribution >= 4 is 19.2 Å². The Morgan fingerprint density at radius 1 is 1.05 bits per heavy atom. The second kappa shape index (κ2) is 14.4. The van der Waals surface area contributed by atoms with Crippen molar-refractivity contribution in [3.05, 3.63) is 66.2 Å². The van der Waals surface area contributed by atoms with E-state index in [0.29, 0.717) is 19.8 Å². The van der Waals surface area contributed by atoms with Crippen LogP contribution in [0.1, 0.15) is 77.4 Å². The summed E-state index contributed by atoms with van der Waals surface area (Å²) in [5, 5.41) is 10.9. The second-order valence-corrected chi connectivity index (χ2v) is 18.1. The van der Waals surface area contributed by atoms with Crippen molar-refractivity contribution < 1.29 is 18.6 Å². The predicted molar refractivity (Wildman–Crippen MR) is 176 cm³/mol. The molecule has 0 radical (unpaired) electrons. The van der Waals surface area contributed by atoms with Gasteiger partial charge in [-0.3, -0.25) is 0 Å². The van der Waals surface area contributed by atoms with Gasteiger partial charge in [-0.05, 0) is 80.9 Å². The van der Waals surface area contributed by atoms with Gasteiger partial charge in [-0.2, -0.15) is 4.68 Å². The van der Waals surface area contributed by atoms with Gasteiger partial charge in [0.15, 0.2) is 17.9 Å². The average Bonchev–Trinajstić information content (AvgIpc) is 3.62. The summed E-state index contributed by atoms with van der Waals surface area (Å²) in [6, 6.07) is 16.5. The molecule has 44 heavy (non-hydrogen) atoms. The fourth-order valence-electron chi connectivity index (χ4n) is 5.01. The van der Waals surface area contributed by atoms with Crippen LogP contribution in [0.3, 0.4) is 0 Å². The zero-order chi connectivity index (χ0) is 31.2. The van der Waals surface area contributed by atoms with Gasteiger partial charge in [0.1, 0.15) is 12.1 Å². The monoisotopic (exact) mass is 619 g/mol. The van der Waals surface area contributed by atoms with Crippen LogP contribution in [0.25, 0.3) is 16.7 Å². The molecule has 0 spiro atoms. The molecule has 10 heteroatoms. The molecule has 0 N–H and O–H groups in total. The minimum Gasteiger partial charge on any atom is -0.543 e. The predicted octanol–water partition coefficient (Wildman–Crippen LogP) is 7.64. The van der Waals surface area contributed by atoms with Crippen LogP contribution in [0.4, 0.5) is 0 Å². The lowest BCUT2D eigenvalue weighted by Gasteiger charge is -2.36. The van der Waals surface area contributed by atoms with Crippen molar-refractivity contribution in [2.45, 2.75) is 103 Å². The van der Waals surface area contributed by atoms with E-state index < -0.39 is 8.32 Å². The molecule has 9 nitrogen and oxygen atoms in total. The lowest BCUT2D eigenvalue weighted by molar-refractivity contribution is -0.0367. The van der Waals surface area contributed by atoms with Crippen LogP contribution in [-0.4, -0.2) is 58.8 Å². The van der Waals surface area contributed by atoms with Crippen molar-refractivity contribution in [2.75, 3.05) is 19.8 Å². The quantitative estimate of drug-likeness (QED) is 0.106. The molecule has 2 atom stereocenters. The SMILES string of the molecule is CC(CCOCCCc1ncn(-c2nn(C3CCCCO3)c3ccc(O[Si](C)(C)C(C)(C)C)cc23)n1)OCc1ccccc1. The average molecular weight is 620 g/mol. The smallest absolute Gasteiger partial charge is 0.250 e. The van der Waals surface area contributed by atoms with Crippen molar-refractivity contribution in [3.63, 3.8) is 0 Å². The molecule has 2 unspecified atom stereocenters. The highest BCUT2D eigenvalue weighted by Crippen LogP contribution is 2.39. The first-order valence-electron chi connectivity index (χ1n) is 16.1. The van der Waals surface area contributed by atoms with E-state index in [4.69, 9.17) is 28.8 Å². The van der Waals surface area contributed by atoms with E-state index in [1.807, 2.05) is 22.9 Å². The number of rotatable bonds is 14. The third-order valence-corrected chi connectivity index (χ3v) is 13.1. The summed E-state index contributed by atoms with van der Waals surface area (Å²) in [4.78, 5) is 4.61. The van der Waals surface area contributed by atoms with Gasteiger partial charge in [0.05, 0.1) is 23.6 Å². The van der Waals surface area contributed by atoms with Gasteiger partial charge in [-0.25, -0.2) is 9.67 Å². The summed E-state index contributed by atoms with van der Waals surface area (Å²) < 4.78 is 28.4. The Balaban J connectivity index is 1.20. The number of hydrogen-bond acceptors (Lipinski definition) is 7. The van der Waals surface area contributed by atoms with Crippen molar-refractivity contribution in [1.29, 1.82) is 0 Å². The zero-order valence-corrected chi connectivity index (χ0v) is 28.3. The number of aromatic nitrogens is 5. The molecule has 2 aromatic heterocycles. The summed E-state index contributed by atoms with van der Waals surface area (Å²) in [5.74, 6) is 2.39. The summed E-state index contributed by atoms with van der Waals surface area (Å²) in [6.45, 7) is 16.1. The van der Waals surface area contributed by atoms with Gasteiger partial charge >= 0.3 is 0 Å². The maximum absolute atomic E-state index is 6.66. The molecule has 1 fully saturated rings. The standard InChI is InChI=1S/C34H49N5O4Si/c1-26(42-24-27-13-8-7-9-14-27)19-22-40-20-12-15-31-35-25-38(36-31)33-29-23-28(43-44(5,6)34(2,3)4)17-18-30(29)39(37-33)32-16-10-11-21-41-32/h7-9,13-14,17-18,23,25-26,32H,10-12,15-16,19-22,24H2,1-6H3. The fraction of sp³-hybridized carbons (Fsp3) is 0.559. The molecule has 0 amide bonds. The maximum atomic E-state index is 6.66. The summed E-state index contributed by atoms with van der Waals surface area (Å²) in [6.07, 6.45) is 7.42. The summed E-state index contributed by atoms with van der Waals surface area (Å²) in [5.41, 5.74) is 2.20. The molecule has 0 bridgehead atoms. The van der Waals surface area contributed by atoms with E-state index in [9.17, 15) is 0 Å². The Bertz CT molecular complexity index is 1470. The third-order valence-electron chi connectivity index (χ3n) is 8.76. The number of ether oxygens (including phenoxy) is 3. The van der Waals surface area contributed by atoms with E-state index in [2.05, 4.69) is 76.1 Å². The molecule has 238 valence electrons. The largest absolute Gasteiger partial charge is 0.543 e. The van der Waals surface area contributed by atoms with Crippen molar-refractivity contribution in [2.24, 2.45) is 0 Å². The molecule has 5 rings (SSSR count). The highest BCUT2D eigenvalue weighted by atomic mass is 28.4. The Labute approximate surface area is 263 Å². The van der Waals surface area contributed by atoms with Gasteiger partial charge in [-0.15, -0.1) is 10.2 Å². The number of aryl methyl sites for hydroxylation is 1. The van der Waals surface area contributed by atoms with Gasteiger partial charge in [0.25, 0.3) is 0 Å². The Morgan fingerprint density at radius 2 is 1.86 bits per heavy atom. The molecule has 3 heterocycles. The lowest BCUT2D eigenvalue weighted by Crippen LogP contribution is -2.43. The number of fused-ring (bicyclic) bond motifs is 1. The van der Waals surface area contributed by atoms with E-state index in [1.165, 1.54) is 5.56 Å². The van der Waals surface area contributed by atoms with E-state index in [0.717, 1.165) is 73.4 Å². The maximum Gasteiger partial charge on any atom is 0.250 e. The fourth-order valence-corrected chi connectivity index (χ4v) is 6.04. The van der Waals surface area contributed by atoms with Gasteiger partial charge < -0.3 is 18.6 Å². The van der Waals surface area contributed by atoms with Gasteiger partial charge in [0, 0.05) is 26.2 Å². The lowest BCUT2D eigenvalue weighted by atomic mass is 10.2. The first kappa shape index (κ1) is 32.3. The van der Waals surface area contributed by atoms with Crippen LogP contribution in [0.5, 0.6) is 5.75 Å². The first-order valence-corrected chi connectivity index (χ1v) is 19.0. The van der Waals surface area contributed by atoms with E-state index in [-0.39, 0.29) is 17.4 Å². The summed E-state index contributed by atoms with van der Waals surface area (Å²) >= 11 is 0. The zero-order valence-electron chi connectivity index (χ0n) is 27.3. The number of benzene rings is 2. The first-order chi connectivity index (χ1) is 21.1. The Hall–Kier alpha value is -3.05. The van der Waals surface area contributed by atoms with Crippen LogP contribution >= 0.6 is 0 Å². The molecular weight excluding hydrogens is 570 g/mol. The van der Waals surface area contributed by atoms with E-state index >= 15 is 0 Å². The summed E-state index contributed by atoms with van der Waals surface area (Å²) in [7, 11) is -2.01. The number of hydrogen-bond donors (Lipinski definition) is 0. The molecule has 2 aromatic carbocycles. The molecule has 0 saturated carbocycles. The van der Waals surface area contributed by atoms with Gasteiger partial charge in [-0.1, -0.05) is 51.1 Å². The molecular formula is C34H49N5O4Si. The van der Waals surface area contributed by atoms with Crippen molar-refractivity contribution in [1.82, 2.24) is 24.5 Å². The van der Waals surface area contributed by atoms with Crippen LogP contribution in [0.2, 0.25) is 18.1 Å². The molecule has 4 aromatic rings. The Morgan fingerprint density at radius 3 is 2.61 bits per heavy atom. The topological polar surface area (TPSA) is 85.5 Å². The van der Waals surface area contributed by atoms with E-state index in [1.54, 1.807) is 11.0 Å².